The average molecular weight is 182 g/mol. The fraction of sp³-hybridized carbons (Fsp3) is 0. The highest BCUT2D eigenvalue weighted by Gasteiger charge is 2.03. The summed E-state index contributed by atoms with van der Waals surface area (Å²) in [6.07, 6.45) is 1.63. The molecule has 0 fully saturated rings. The molecule has 4 nitrogen and oxygen atoms in total. The molecule has 0 aliphatic heterocycles. The molecule has 1 aromatic heterocycles. The van der Waals surface area contributed by atoms with Crippen molar-refractivity contribution < 1.29 is 0 Å². The topological polar surface area (TPSA) is 58.1 Å². The maximum Gasteiger partial charge on any atom is 0.128 e. The highest BCUT2D eigenvalue weighted by Crippen LogP contribution is 2.28. The van der Waals surface area contributed by atoms with Gasteiger partial charge in [-0.2, -0.15) is 5.10 Å². The second-order valence-corrected chi connectivity index (χ2v) is 2.76. The maximum absolute atomic E-state index is 10.2. The fourth-order valence-corrected chi connectivity index (χ4v) is 1.23. The highest BCUT2D eigenvalue weighted by atomic mass is 35.5. The minimum absolute atomic E-state index is 0.230. The number of fused-ring (bicyclic) bond motifs is 1. The molecule has 0 bridgehead atoms. The summed E-state index contributed by atoms with van der Waals surface area (Å²) in [5.41, 5.74) is 0.988. The van der Waals surface area contributed by atoms with E-state index in [2.05, 4.69) is 15.4 Å². The molecule has 0 saturated carbocycles. The Morgan fingerprint density at radius 3 is 3.08 bits per heavy atom. The smallest absolute Gasteiger partial charge is 0.128 e. The standard InChI is InChI=1S/C7H4ClN3O/c8-5-1-4-3-9-10-6(4)2-7(5)11-12/h1-3H,(H,9,10). The number of benzene rings is 1. The van der Waals surface area contributed by atoms with Crippen molar-refractivity contribution in [3.8, 4) is 0 Å². The molecular weight excluding hydrogens is 178 g/mol. The molecule has 0 unspecified atom stereocenters. The van der Waals surface area contributed by atoms with Crippen LogP contribution >= 0.6 is 11.6 Å². The predicted molar refractivity (Wildman–Crippen MR) is 46.6 cm³/mol. The van der Waals surface area contributed by atoms with Gasteiger partial charge in [0.1, 0.15) is 5.69 Å². The molecule has 0 spiro atoms. The largest absolute Gasteiger partial charge is 0.278 e. The van der Waals surface area contributed by atoms with Crippen LogP contribution in [0, 0.1) is 4.91 Å². The minimum atomic E-state index is 0.230. The Morgan fingerprint density at radius 2 is 2.33 bits per heavy atom. The summed E-state index contributed by atoms with van der Waals surface area (Å²) in [4.78, 5) is 10.2. The van der Waals surface area contributed by atoms with Crippen molar-refractivity contribution in [2.24, 2.45) is 5.18 Å². The summed E-state index contributed by atoms with van der Waals surface area (Å²) in [5, 5.41) is 10.5. The van der Waals surface area contributed by atoms with Gasteiger partial charge < -0.3 is 0 Å². The van der Waals surface area contributed by atoms with Crippen molar-refractivity contribution in [1.29, 1.82) is 0 Å². The van der Waals surface area contributed by atoms with Crippen molar-refractivity contribution in [1.82, 2.24) is 10.2 Å². The van der Waals surface area contributed by atoms with Gasteiger partial charge in [0.15, 0.2) is 0 Å². The first kappa shape index (κ1) is 7.24. The Labute approximate surface area is 72.5 Å². The van der Waals surface area contributed by atoms with Crippen LogP contribution < -0.4 is 0 Å². The van der Waals surface area contributed by atoms with Crippen molar-refractivity contribution in [3.63, 3.8) is 0 Å². The van der Waals surface area contributed by atoms with Crippen LogP contribution in [0.25, 0.3) is 10.9 Å². The Balaban J connectivity index is 2.81. The molecule has 2 rings (SSSR count). The van der Waals surface area contributed by atoms with Gasteiger partial charge in [0.25, 0.3) is 0 Å². The number of nitrogens with one attached hydrogen (secondary N) is 1. The molecule has 1 N–H and O–H groups in total. The zero-order valence-electron chi connectivity index (χ0n) is 5.91. The molecule has 0 radical (unpaired) electrons. The number of nitrogens with zero attached hydrogens (tertiary/aromatic N) is 2. The third-order valence-electron chi connectivity index (χ3n) is 1.61. The third-order valence-corrected chi connectivity index (χ3v) is 1.91. The van der Waals surface area contributed by atoms with E-state index in [9.17, 15) is 4.91 Å². The van der Waals surface area contributed by atoms with E-state index >= 15 is 0 Å². The molecule has 1 aromatic carbocycles. The molecule has 0 atom stereocenters. The van der Waals surface area contributed by atoms with Gasteiger partial charge in [-0.1, -0.05) is 11.6 Å². The Bertz CT molecular complexity index is 437. The molecule has 0 aliphatic carbocycles. The third kappa shape index (κ3) is 0.967. The lowest BCUT2D eigenvalue weighted by molar-refractivity contribution is 1.12. The summed E-state index contributed by atoms with van der Waals surface area (Å²) >= 11 is 5.72. The molecule has 0 saturated heterocycles. The van der Waals surface area contributed by atoms with Crippen molar-refractivity contribution in [2.45, 2.75) is 0 Å². The van der Waals surface area contributed by atoms with Crippen LogP contribution in [-0.2, 0) is 0 Å². The first-order valence-electron chi connectivity index (χ1n) is 3.27. The minimum Gasteiger partial charge on any atom is -0.278 e. The summed E-state index contributed by atoms with van der Waals surface area (Å²) in [5.74, 6) is 0. The van der Waals surface area contributed by atoms with E-state index in [1.807, 2.05) is 0 Å². The lowest BCUT2D eigenvalue weighted by atomic mass is 10.2. The second-order valence-electron chi connectivity index (χ2n) is 2.35. The molecule has 0 amide bonds. The van der Waals surface area contributed by atoms with Crippen LogP contribution in [0.5, 0.6) is 0 Å². The van der Waals surface area contributed by atoms with Gasteiger partial charge in [-0.05, 0) is 17.3 Å². The SMILES string of the molecule is O=Nc1cc2[nH]ncc2cc1Cl. The molecule has 0 aliphatic rings. The van der Waals surface area contributed by atoms with Crippen LogP contribution in [0.2, 0.25) is 5.02 Å². The molecule has 2 aromatic rings. The van der Waals surface area contributed by atoms with Crippen molar-refractivity contribution in [2.75, 3.05) is 0 Å². The lowest BCUT2D eigenvalue weighted by Gasteiger charge is -1.93. The number of nitroso groups, excluding NO2 is 1. The normalized spacial score (nSPS) is 10.4. The summed E-state index contributed by atoms with van der Waals surface area (Å²) in [7, 11) is 0. The van der Waals surface area contributed by atoms with E-state index in [0.29, 0.717) is 5.02 Å². The quantitative estimate of drug-likeness (QED) is 0.688. The van der Waals surface area contributed by atoms with Gasteiger partial charge >= 0.3 is 0 Å². The van der Waals surface area contributed by atoms with Crippen LogP contribution in [0.4, 0.5) is 5.69 Å². The fourth-order valence-electron chi connectivity index (χ4n) is 1.02. The van der Waals surface area contributed by atoms with Gasteiger partial charge in [0, 0.05) is 5.39 Å². The average Bonchev–Trinajstić information content (AvgIpc) is 2.49. The number of aromatic nitrogens is 2. The first-order chi connectivity index (χ1) is 5.81. The Hall–Kier alpha value is -1.42. The van der Waals surface area contributed by atoms with Crippen LogP contribution in [0.1, 0.15) is 0 Å². The summed E-state index contributed by atoms with van der Waals surface area (Å²) in [6, 6.07) is 3.22. The highest BCUT2D eigenvalue weighted by molar-refractivity contribution is 6.33. The summed E-state index contributed by atoms with van der Waals surface area (Å²) in [6.45, 7) is 0. The second kappa shape index (κ2) is 2.57. The molecule has 1 heterocycles. The van der Waals surface area contributed by atoms with Crippen molar-refractivity contribution in [3.05, 3.63) is 28.3 Å². The number of halogens is 1. The Morgan fingerprint density at radius 1 is 1.50 bits per heavy atom. The van der Waals surface area contributed by atoms with Crippen molar-refractivity contribution >= 4 is 28.2 Å². The van der Waals surface area contributed by atoms with Crippen LogP contribution in [0.15, 0.2) is 23.5 Å². The van der Waals surface area contributed by atoms with E-state index in [-0.39, 0.29) is 5.69 Å². The molecule has 5 heteroatoms. The summed E-state index contributed by atoms with van der Waals surface area (Å²) < 4.78 is 0. The molecule has 12 heavy (non-hydrogen) atoms. The van der Waals surface area contributed by atoms with Gasteiger partial charge in [0.05, 0.1) is 16.7 Å². The molecular formula is C7H4ClN3O. The number of rotatable bonds is 1. The van der Waals surface area contributed by atoms with Gasteiger partial charge in [-0.25, -0.2) is 0 Å². The van der Waals surface area contributed by atoms with Gasteiger partial charge in [-0.3, -0.25) is 5.10 Å². The van der Waals surface area contributed by atoms with E-state index in [1.165, 1.54) is 0 Å². The van der Waals surface area contributed by atoms with Crippen LogP contribution in [0.3, 0.4) is 0 Å². The number of H-pyrrole nitrogens is 1. The van der Waals surface area contributed by atoms with E-state index in [0.717, 1.165) is 10.9 Å². The van der Waals surface area contributed by atoms with Gasteiger partial charge in [0.2, 0.25) is 0 Å². The number of aromatic amines is 1. The van der Waals surface area contributed by atoms with E-state index < -0.39 is 0 Å². The maximum atomic E-state index is 10.2. The van der Waals surface area contributed by atoms with Gasteiger partial charge in [-0.15, -0.1) is 4.91 Å². The molecule has 60 valence electrons. The van der Waals surface area contributed by atoms with E-state index in [4.69, 9.17) is 11.6 Å². The number of hydrogen-bond donors (Lipinski definition) is 1. The predicted octanol–water partition coefficient (Wildman–Crippen LogP) is 2.61. The monoisotopic (exact) mass is 181 g/mol. The Kier molecular flexibility index (Phi) is 1.55. The van der Waals surface area contributed by atoms with Crippen LogP contribution in [-0.4, -0.2) is 10.2 Å². The number of hydrogen-bond acceptors (Lipinski definition) is 3. The zero-order chi connectivity index (χ0) is 8.55. The first-order valence-corrected chi connectivity index (χ1v) is 3.65. The lowest BCUT2D eigenvalue weighted by Crippen LogP contribution is -1.70. The van der Waals surface area contributed by atoms with E-state index in [1.54, 1.807) is 18.3 Å². The zero-order valence-corrected chi connectivity index (χ0v) is 6.67.